The lowest BCUT2D eigenvalue weighted by Gasteiger charge is -2.09. The van der Waals surface area contributed by atoms with E-state index in [0.717, 1.165) is 5.56 Å². The third kappa shape index (κ3) is 4.83. The summed E-state index contributed by atoms with van der Waals surface area (Å²) in [6, 6.07) is 16.1. The van der Waals surface area contributed by atoms with Crippen LogP contribution < -0.4 is 10.6 Å². The molecule has 0 aliphatic rings. The van der Waals surface area contributed by atoms with E-state index < -0.39 is 0 Å². The van der Waals surface area contributed by atoms with E-state index in [1.54, 1.807) is 30.3 Å². The first-order chi connectivity index (χ1) is 10.2. The Morgan fingerprint density at radius 3 is 2.43 bits per heavy atom. The number of urea groups is 1. The summed E-state index contributed by atoms with van der Waals surface area (Å²) in [5.74, 6) is 0. The second-order valence-electron chi connectivity index (χ2n) is 4.45. The summed E-state index contributed by atoms with van der Waals surface area (Å²) in [5, 5.41) is 14.6. The highest BCUT2D eigenvalue weighted by Crippen LogP contribution is 2.16. The third-order valence-electron chi connectivity index (χ3n) is 2.79. The quantitative estimate of drug-likeness (QED) is 0.876. The summed E-state index contributed by atoms with van der Waals surface area (Å²) in [6.07, 6.45) is 1.13. The van der Waals surface area contributed by atoms with Crippen LogP contribution in [0.5, 0.6) is 0 Å². The number of benzene rings is 2. The van der Waals surface area contributed by atoms with Gasteiger partial charge in [0.15, 0.2) is 0 Å². The predicted octanol–water partition coefficient (Wildman–Crippen LogP) is 4.44. The number of hydrogen-bond donors (Lipinski definition) is 2. The van der Waals surface area contributed by atoms with Crippen molar-refractivity contribution in [1.82, 2.24) is 0 Å². The second kappa shape index (κ2) is 7.32. The largest absolute Gasteiger partial charge is 0.323 e. The molecule has 0 saturated carbocycles. The zero-order valence-corrected chi connectivity index (χ0v) is 12.0. The predicted molar refractivity (Wildman–Crippen MR) is 84.5 cm³/mol. The van der Waals surface area contributed by atoms with E-state index in [-0.39, 0.29) is 6.03 Å². The summed E-state index contributed by atoms with van der Waals surface area (Å²) in [4.78, 5) is 11.9. The van der Waals surface area contributed by atoms with E-state index in [1.165, 1.54) is 0 Å². The van der Waals surface area contributed by atoms with Crippen molar-refractivity contribution in [2.45, 2.75) is 12.8 Å². The maximum atomic E-state index is 11.9. The molecule has 0 aliphatic heterocycles. The molecule has 2 N–H and O–H groups in total. The average molecular weight is 300 g/mol. The topological polar surface area (TPSA) is 64.9 Å². The molecule has 2 aromatic carbocycles. The summed E-state index contributed by atoms with van der Waals surface area (Å²) >= 11 is 5.86. The second-order valence-corrected chi connectivity index (χ2v) is 4.88. The molecular weight excluding hydrogens is 286 g/mol. The summed E-state index contributed by atoms with van der Waals surface area (Å²) in [5.41, 5.74) is 2.32. The van der Waals surface area contributed by atoms with Crippen molar-refractivity contribution in [3.63, 3.8) is 0 Å². The van der Waals surface area contributed by atoms with Crippen LogP contribution in [0.2, 0.25) is 5.02 Å². The number of anilines is 2. The van der Waals surface area contributed by atoms with E-state index in [4.69, 9.17) is 16.9 Å². The SMILES string of the molecule is N#CCCc1cccc(NC(=O)Nc2cccc(Cl)c2)c1. The maximum Gasteiger partial charge on any atom is 0.323 e. The molecule has 0 bridgehead atoms. The summed E-state index contributed by atoms with van der Waals surface area (Å²) in [7, 11) is 0. The molecule has 2 amide bonds. The number of carbonyl (C=O) groups excluding carboxylic acids is 1. The smallest absolute Gasteiger partial charge is 0.308 e. The Bertz CT molecular complexity index is 679. The minimum Gasteiger partial charge on any atom is -0.308 e. The van der Waals surface area contributed by atoms with Crippen LogP contribution >= 0.6 is 11.6 Å². The first-order valence-electron chi connectivity index (χ1n) is 6.47. The van der Waals surface area contributed by atoms with Crippen LogP contribution in [0, 0.1) is 11.3 Å². The van der Waals surface area contributed by atoms with Crippen LogP contribution in [0.4, 0.5) is 16.2 Å². The Labute approximate surface area is 128 Å². The van der Waals surface area contributed by atoms with Crippen molar-refractivity contribution >= 4 is 29.0 Å². The molecule has 0 unspecified atom stereocenters. The number of amides is 2. The van der Waals surface area contributed by atoms with Gasteiger partial charge in [0.1, 0.15) is 0 Å². The zero-order chi connectivity index (χ0) is 15.1. The van der Waals surface area contributed by atoms with E-state index >= 15 is 0 Å². The van der Waals surface area contributed by atoms with Crippen molar-refractivity contribution in [2.24, 2.45) is 0 Å². The Morgan fingerprint density at radius 1 is 1.10 bits per heavy atom. The molecule has 0 aliphatic carbocycles. The number of aryl methyl sites for hydroxylation is 1. The van der Waals surface area contributed by atoms with Crippen molar-refractivity contribution in [3.05, 3.63) is 59.1 Å². The number of rotatable bonds is 4. The lowest BCUT2D eigenvalue weighted by Crippen LogP contribution is -2.19. The van der Waals surface area contributed by atoms with Crippen molar-refractivity contribution in [2.75, 3.05) is 10.6 Å². The number of nitriles is 1. The molecule has 2 aromatic rings. The van der Waals surface area contributed by atoms with Crippen molar-refractivity contribution < 1.29 is 4.79 Å². The maximum absolute atomic E-state index is 11.9. The van der Waals surface area contributed by atoms with Gasteiger partial charge in [-0.05, 0) is 42.3 Å². The molecule has 0 radical (unpaired) electrons. The number of hydrogen-bond acceptors (Lipinski definition) is 2. The molecular formula is C16H14ClN3O. The van der Waals surface area contributed by atoms with Gasteiger partial charge < -0.3 is 10.6 Å². The van der Waals surface area contributed by atoms with Crippen LogP contribution in [-0.4, -0.2) is 6.03 Å². The molecule has 0 heterocycles. The fourth-order valence-corrected chi connectivity index (χ4v) is 2.05. The number of halogens is 1. The van der Waals surface area contributed by atoms with Gasteiger partial charge in [-0.15, -0.1) is 0 Å². The molecule has 21 heavy (non-hydrogen) atoms. The molecule has 106 valence electrons. The van der Waals surface area contributed by atoms with Gasteiger partial charge in [0.05, 0.1) is 6.07 Å². The first-order valence-corrected chi connectivity index (χ1v) is 6.84. The van der Waals surface area contributed by atoms with Gasteiger partial charge in [-0.2, -0.15) is 5.26 Å². The Balaban J connectivity index is 1.98. The standard InChI is InChI=1S/C16H14ClN3O/c17-13-6-2-8-15(11-13)20-16(21)19-14-7-1-4-12(10-14)5-3-9-18/h1-2,4,6-8,10-11H,3,5H2,(H2,19,20,21). The lowest BCUT2D eigenvalue weighted by molar-refractivity contribution is 0.262. The van der Waals surface area contributed by atoms with Gasteiger partial charge in [0.25, 0.3) is 0 Å². The molecule has 0 aromatic heterocycles. The van der Waals surface area contributed by atoms with Crippen LogP contribution in [0.1, 0.15) is 12.0 Å². The molecule has 4 nitrogen and oxygen atoms in total. The highest BCUT2D eigenvalue weighted by atomic mass is 35.5. The fraction of sp³-hybridized carbons (Fsp3) is 0.125. The molecule has 2 rings (SSSR count). The molecule has 0 atom stereocenters. The monoisotopic (exact) mass is 299 g/mol. The molecule has 0 fully saturated rings. The highest BCUT2D eigenvalue weighted by Gasteiger charge is 2.03. The van der Waals surface area contributed by atoms with Crippen LogP contribution in [0.15, 0.2) is 48.5 Å². The van der Waals surface area contributed by atoms with Crippen LogP contribution in [0.25, 0.3) is 0 Å². The highest BCUT2D eigenvalue weighted by molar-refractivity contribution is 6.30. The van der Waals surface area contributed by atoms with Crippen molar-refractivity contribution in [3.8, 4) is 6.07 Å². The summed E-state index contributed by atoms with van der Waals surface area (Å²) < 4.78 is 0. The third-order valence-corrected chi connectivity index (χ3v) is 3.03. The van der Waals surface area contributed by atoms with Crippen molar-refractivity contribution in [1.29, 1.82) is 5.26 Å². The van der Waals surface area contributed by atoms with Crippen LogP contribution in [-0.2, 0) is 6.42 Å². The fourth-order valence-electron chi connectivity index (χ4n) is 1.86. The van der Waals surface area contributed by atoms with Gasteiger partial charge in [0, 0.05) is 22.8 Å². The molecule has 5 heteroatoms. The van der Waals surface area contributed by atoms with Gasteiger partial charge >= 0.3 is 6.03 Å². The minimum atomic E-state index is -0.338. The zero-order valence-electron chi connectivity index (χ0n) is 11.3. The number of carbonyl (C=O) groups is 1. The van der Waals surface area contributed by atoms with E-state index in [2.05, 4.69) is 16.7 Å². The van der Waals surface area contributed by atoms with Gasteiger partial charge in [-0.25, -0.2) is 4.79 Å². The minimum absolute atomic E-state index is 0.338. The first kappa shape index (κ1) is 14.9. The van der Waals surface area contributed by atoms with Crippen LogP contribution in [0.3, 0.4) is 0 Å². The Morgan fingerprint density at radius 2 is 1.76 bits per heavy atom. The number of nitrogens with one attached hydrogen (secondary N) is 2. The lowest BCUT2D eigenvalue weighted by atomic mass is 10.1. The Kier molecular flexibility index (Phi) is 5.19. The van der Waals surface area contributed by atoms with Gasteiger partial charge in [0.2, 0.25) is 0 Å². The van der Waals surface area contributed by atoms with E-state index in [1.807, 2.05) is 18.2 Å². The average Bonchev–Trinajstić information content (AvgIpc) is 2.45. The number of nitrogens with zero attached hydrogens (tertiary/aromatic N) is 1. The van der Waals surface area contributed by atoms with Gasteiger partial charge in [-0.1, -0.05) is 29.8 Å². The molecule has 0 spiro atoms. The van der Waals surface area contributed by atoms with E-state index in [0.29, 0.717) is 29.2 Å². The Hall–Kier alpha value is -2.51. The normalized spacial score (nSPS) is 9.71. The van der Waals surface area contributed by atoms with E-state index in [9.17, 15) is 4.79 Å². The summed E-state index contributed by atoms with van der Waals surface area (Å²) in [6.45, 7) is 0. The molecule has 0 saturated heterocycles. The van der Waals surface area contributed by atoms with Gasteiger partial charge in [-0.3, -0.25) is 0 Å².